The molecule has 19 heavy (non-hydrogen) atoms. The second-order valence-electron chi connectivity index (χ2n) is 5.07. The predicted octanol–water partition coefficient (Wildman–Crippen LogP) is 1.89. The van der Waals surface area contributed by atoms with Crippen molar-refractivity contribution in [3.63, 3.8) is 0 Å². The third-order valence-electron chi connectivity index (χ3n) is 3.76. The van der Waals surface area contributed by atoms with E-state index in [1.807, 2.05) is 0 Å². The van der Waals surface area contributed by atoms with Crippen LogP contribution >= 0.6 is 0 Å². The van der Waals surface area contributed by atoms with Crippen LogP contribution in [0.3, 0.4) is 0 Å². The summed E-state index contributed by atoms with van der Waals surface area (Å²) >= 11 is 0. The third kappa shape index (κ3) is 2.85. The van der Waals surface area contributed by atoms with E-state index in [0.717, 1.165) is 19.3 Å². The first-order valence-electron chi connectivity index (χ1n) is 6.69. The minimum Gasteiger partial charge on any atom is -0.462 e. The van der Waals surface area contributed by atoms with Crippen molar-refractivity contribution in [3.8, 4) is 0 Å². The fraction of sp³-hybridized carbons (Fsp3) is 0.692. The van der Waals surface area contributed by atoms with E-state index in [9.17, 15) is 8.42 Å². The monoisotopic (exact) mass is 287 g/mol. The number of nitrogens with zero attached hydrogens (tertiary/aromatic N) is 1. The second kappa shape index (κ2) is 5.64. The highest BCUT2D eigenvalue weighted by Crippen LogP contribution is 2.28. The highest BCUT2D eigenvalue weighted by Gasteiger charge is 2.32. The van der Waals surface area contributed by atoms with Crippen LogP contribution < -0.4 is 0 Å². The Morgan fingerprint density at radius 2 is 2.26 bits per heavy atom. The summed E-state index contributed by atoms with van der Waals surface area (Å²) in [7, 11) is -3.50. The van der Waals surface area contributed by atoms with Crippen LogP contribution in [0.25, 0.3) is 0 Å². The summed E-state index contributed by atoms with van der Waals surface area (Å²) in [5.74, 6) is 1.08. The lowest BCUT2D eigenvalue weighted by Gasteiger charge is -2.31. The summed E-state index contributed by atoms with van der Waals surface area (Å²) < 4.78 is 31.9. The minimum absolute atomic E-state index is 0.188. The molecule has 1 fully saturated rings. The molecular formula is C13H21NO4S. The van der Waals surface area contributed by atoms with Gasteiger partial charge in [0.15, 0.2) is 0 Å². The molecule has 1 aliphatic heterocycles. The largest absolute Gasteiger partial charge is 0.462 e. The van der Waals surface area contributed by atoms with Crippen molar-refractivity contribution in [3.05, 3.63) is 17.6 Å². The average molecular weight is 287 g/mol. The molecule has 0 bridgehead atoms. The van der Waals surface area contributed by atoms with E-state index in [-0.39, 0.29) is 11.5 Å². The number of furan rings is 1. The van der Waals surface area contributed by atoms with Gasteiger partial charge in [0.05, 0.1) is 0 Å². The zero-order valence-electron chi connectivity index (χ0n) is 11.4. The number of aryl methyl sites for hydroxylation is 1. The van der Waals surface area contributed by atoms with Crippen molar-refractivity contribution in [2.45, 2.75) is 44.6 Å². The fourth-order valence-electron chi connectivity index (χ4n) is 2.58. The lowest BCUT2D eigenvalue weighted by molar-refractivity contribution is 0.244. The number of hydrogen-bond donors (Lipinski definition) is 1. The Balaban J connectivity index is 2.28. The number of rotatable bonds is 4. The standard InChI is InChI=1S/C13H21NO4S/c1-3-11-5-4-6-14(8-11)19(16,17)13-7-12(9-15)18-10(13)2/h7,11,15H,3-6,8-9H2,1-2H3. The summed E-state index contributed by atoms with van der Waals surface area (Å²) in [6.45, 7) is 4.57. The number of aliphatic hydroxyl groups excluding tert-OH is 1. The zero-order valence-corrected chi connectivity index (χ0v) is 12.2. The normalized spacial score (nSPS) is 21.7. The van der Waals surface area contributed by atoms with Gasteiger partial charge in [-0.05, 0) is 25.7 Å². The van der Waals surface area contributed by atoms with Gasteiger partial charge in [-0.25, -0.2) is 8.42 Å². The average Bonchev–Trinajstić information content (AvgIpc) is 2.81. The highest BCUT2D eigenvalue weighted by molar-refractivity contribution is 7.89. The van der Waals surface area contributed by atoms with Gasteiger partial charge in [-0.2, -0.15) is 4.31 Å². The maximum absolute atomic E-state index is 12.6. The molecule has 0 spiro atoms. The molecule has 1 unspecified atom stereocenters. The Bertz CT molecular complexity index is 535. The molecule has 0 amide bonds. The topological polar surface area (TPSA) is 70.8 Å². The van der Waals surface area contributed by atoms with Gasteiger partial charge in [0.1, 0.15) is 23.0 Å². The lowest BCUT2D eigenvalue weighted by atomic mass is 9.97. The molecule has 1 saturated heterocycles. The Kier molecular flexibility index (Phi) is 4.32. The highest BCUT2D eigenvalue weighted by atomic mass is 32.2. The Morgan fingerprint density at radius 1 is 1.53 bits per heavy atom. The predicted molar refractivity (Wildman–Crippen MR) is 71.1 cm³/mol. The van der Waals surface area contributed by atoms with Crippen LogP contribution in [-0.4, -0.2) is 30.9 Å². The zero-order chi connectivity index (χ0) is 14.0. The summed E-state index contributed by atoms with van der Waals surface area (Å²) in [6, 6.07) is 1.43. The summed E-state index contributed by atoms with van der Waals surface area (Å²) in [5, 5.41) is 9.03. The molecule has 2 heterocycles. The van der Waals surface area contributed by atoms with Crippen molar-refractivity contribution in [2.24, 2.45) is 5.92 Å². The molecule has 0 saturated carbocycles. The third-order valence-corrected chi connectivity index (χ3v) is 5.73. The summed E-state index contributed by atoms with van der Waals surface area (Å²) in [6.07, 6.45) is 2.99. The van der Waals surface area contributed by atoms with E-state index in [1.165, 1.54) is 6.07 Å². The Labute approximate surface area is 114 Å². The summed E-state index contributed by atoms with van der Waals surface area (Å²) in [4.78, 5) is 0.188. The molecule has 1 aromatic heterocycles. The molecule has 6 heteroatoms. The van der Waals surface area contributed by atoms with Crippen LogP contribution in [0, 0.1) is 12.8 Å². The van der Waals surface area contributed by atoms with Crippen molar-refractivity contribution in [1.82, 2.24) is 4.31 Å². The molecule has 1 atom stereocenters. The van der Waals surface area contributed by atoms with E-state index >= 15 is 0 Å². The SMILES string of the molecule is CCC1CCCN(S(=O)(=O)c2cc(CO)oc2C)C1. The second-order valence-corrected chi connectivity index (χ2v) is 6.98. The van der Waals surface area contributed by atoms with E-state index in [0.29, 0.717) is 30.5 Å². The van der Waals surface area contributed by atoms with Crippen LogP contribution in [0.1, 0.15) is 37.7 Å². The maximum atomic E-state index is 12.6. The van der Waals surface area contributed by atoms with Crippen LogP contribution in [0.15, 0.2) is 15.4 Å². The van der Waals surface area contributed by atoms with Crippen molar-refractivity contribution in [2.75, 3.05) is 13.1 Å². The first-order valence-corrected chi connectivity index (χ1v) is 8.13. The van der Waals surface area contributed by atoms with Gasteiger partial charge in [0, 0.05) is 19.2 Å². The van der Waals surface area contributed by atoms with Crippen LogP contribution in [-0.2, 0) is 16.6 Å². The molecular weight excluding hydrogens is 266 g/mol. The first-order chi connectivity index (χ1) is 8.98. The molecule has 1 aromatic rings. The van der Waals surface area contributed by atoms with Gasteiger partial charge in [-0.1, -0.05) is 13.3 Å². The molecule has 2 rings (SSSR count). The quantitative estimate of drug-likeness (QED) is 0.918. The van der Waals surface area contributed by atoms with Gasteiger partial charge in [0.25, 0.3) is 0 Å². The van der Waals surface area contributed by atoms with Gasteiger partial charge < -0.3 is 9.52 Å². The Hall–Kier alpha value is -0.850. The van der Waals surface area contributed by atoms with E-state index in [1.54, 1.807) is 11.2 Å². The van der Waals surface area contributed by atoms with Gasteiger partial charge in [-0.3, -0.25) is 0 Å². The van der Waals surface area contributed by atoms with Crippen LogP contribution in [0.2, 0.25) is 0 Å². The molecule has 108 valence electrons. The number of piperidine rings is 1. The number of hydrogen-bond acceptors (Lipinski definition) is 4. The molecule has 0 radical (unpaired) electrons. The molecule has 1 aliphatic rings. The Morgan fingerprint density at radius 3 is 2.84 bits per heavy atom. The van der Waals surface area contributed by atoms with E-state index in [2.05, 4.69) is 6.92 Å². The smallest absolute Gasteiger partial charge is 0.246 e. The number of aliphatic hydroxyl groups is 1. The fourth-order valence-corrected chi connectivity index (χ4v) is 4.32. The van der Waals surface area contributed by atoms with E-state index in [4.69, 9.17) is 9.52 Å². The number of sulfonamides is 1. The van der Waals surface area contributed by atoms with E-state index < -0.39 is 10.0 Å². The van der Waals surface area contributed by atoms with Crippen molar-refractivity contribution < 1.29 is 17.9 Å². The van der Waals surface area contributed by atoms with Crippen molar-refractivity contribution in [1.29, 1.82) is 0 Å². The van der Waals surface area contributed by atoms with Crippen LogP contribution in [0.4, 0.5) is 0 Å². The maximum Gasteiger partial charge on any atom is 0.246 e. The lowest BCUT2D eigenvalue weighted by Crippen LogP contribution is -2.39. The minimum atomic E-state index is -3.50. The van der Waals surface area contributed by atoms with Gasteiger partial charge in [0.2, 0.25) is 10.0 Å². The van der Waals surface area contributed by atoms with Gasteiger partial charge >= 0.3 is 0 Å². The molecule has 1 N–H and O–H groups in total. The first kappa shape index (κ1) is 14.6. The molecule has 5 nitrogen and oxygen atoms in total. The molecule has 0 aliphatic carbocycles. The van der Waals surface area contributed by atoms with Crippen LogP contribution in [0.5, 0.6) is 0 Å². The summed E-state index contributed by atoms with van der Waals surface area (Å²) in [5.41, 5.74) is 0. The van der Waals surface area contributed by atoms with Crippen molar-refractivity contribution >= 4 is 10.0 Å². The van der Waals surface area contributed by atoms with Gasteiger partial charge in [-0.15, -0.1) is 0 Å². The molecule has 0 aromatic carbocycles.